The zero-order valence-corrected chi connectivity index (χ0v) is 23.1. The summed E-state index contributed by atoms with van der Waals surface area (Å²) in [6.45, 7) is 16.5. The molecule has 2 amide bonds. The van der Waals surface area contributed by atoms with Gasteiger partial charge in [-0.3, -0.25) is 9.69 Å². The molecule has 3 rings (SSSR count). The van der Waals surface area contributed by atoms with Crippen molar-refractivity contribution in [3.05, 3.63) is 42.0 Å². The highest BCUT2D eigenvalue weighted by atomic mass is 28.4. The Bertz CT molecular complexity index is 1160. The molecule has 1 saturated heterocycles. The number of likely N-dealkylation sites (tertiary alicyclic amines) is 1. The maximum atomic E-state index is 13.7. The van der Waals surface area contributed by atoms with Crippen LogP contribution in [0.1, 0.15) is 53.5 Å². The Kier molecular flexibility index (Phi) is 7.35. The molecule has 7 nitrogen and oxygen atoms in total. The van der Waals surface area contributed by atoms with E-state index < -0.39 is 32.2 Å². The lowest BCUT2D eigenvalue weighted by molar-refractivity contribution is -0.122. The number of rotatable bonds is 4. The van der Waals surface area contributed by atoms with Crippen LogP contribution in [-0.2, 0) is 14.0 Å². The van der Waals surface area contributed by atoms with Gasteiger partial charge >= 0.3 is 6.09 Å². The summed E-state index contributed by atoms with van der Waals surface area (Å²) in [5, 5.41) is 14.0. The number of benzene rings is 2. The van der Waals surface area contributed by atoms with E-state index in [1.165, 1.54) is 4.90 Å². The molecule has 1 heterocycles. The van der Waals surface area contributed by atoms with Gasteiger partial charge in [0, 0.05) is 23.0 Å². The SMILES string of the molecule is CC(C)(C)OC(=O)N1CCC(O[Si](C)(C)C(C)(C)C)C1C(=O)Nc1ccc(C#N)c2ccccc12. The Morgan fingerprint density at radius 1 is 1.06 bits per heavy atom. The Balaban J connectivity index is 1.96. The van der Waals surface area contributed by atoms with Crippen LogP contribution in [0.4, 0.5) is 10.5 Å². The Morgan fingerprint density at radius 2 is 1.69 bits per heavy atom. The van der Waals surface area contributed by atoms with E-state index >= 15 is 0 Å². The molecule has 0 spiro atoms. The molecular formula is C27H37N3O4Si. The van der Waals surface area contributed by atoms with Crippen molar-refractivity contribution in [2.24, 2.45) is 0 Å². The van der Waals surface area contributed by atoms with Crippen molar-refractivity contribution in [3.8, 4) is 6.07 Å². The maximum absolute atomic E-state index is 13.7. The molecule has 2 aromatic rings. The van der Waals surface area contributed by atoms with Crippen molar-refractivity contribution in [2.45, 2.75) is 83.8 Å². The van der Waals surface area contributed by atoms with Gasteiger partial charge in [-0.25, -0.2) is 4.79 Å². The standard InChI is InChI=1S/C27H37N3O4Si/c1-26(2,3)33-25(32)30-16-15-22(34-35(7,8)27(4,5)6)23(30)24(31)29-21-14-13-18(17-28)19-11-9-10-12-20(19)21/h9-14,22-23H,15-16H2,1-8H3,(H,29,31). The van der Waals surface area contributed by atoms with E-state index in [0.29, 0.717) is 24.2 Å². The second-order valence-electron chi connectivity index (χ2n) is 11.6. The van der Waals surface area contributed by atoms with E-state index in [2.05, 4.69) is 45.3 Å². The fourth-order valence-electron chi connectivity index (χ4n) is 3.99. The second-order valence-corrected chi connectivity index (χ2v) is 16.4. The highest BCUT2D eigenvalue weighted by molar-refractivity contribution is 6.74. The summed E-state index contributed by atoms with van der Waals surface area (Å²) in [5.41, 5.74) is 0.445. The molecule has 35 heavy (non-hydrogen) atoms. The van der Waals surface area contributed by atoms with Gasteiger partial charge < -0.3 is 14.5 Å². The highest BCUT2D eigenvalue weighted by Gasteiger charge is 2.48. The number of ether oxygens (including phenoxy) is 1. The van der Waals surface area contributed by atoms with Gasteiger partial charge in [-0.2, -0.15) is 5.26 Å². The van der Waals surface area contributed by atoms with Gasteiger partial charge in [0.1, 0.15) is 11.6 Å². The third kappa shape index (κ3) is 5.85. The van der Waals surface area contributed by atoms with Crippen LogP contribution in [0.3, 0.4) is 0 Å². The van der Waals surface area contributed by atoms with E-state index in [0.717, 1.165) is 10.8 Å². The number of nitriles is 1. The number of carbonyl (C=O) groups excluding carboxylic acids is 2. The summed E-state index contributed by atoms with van der Waals surface area (Å²) < 4.78 is 12.3. The Morgan fingerprint density at radius 3 is 2.26 bits per heavy atom. The van der Waals surface area contributed by atoms with Crippen molar-refractivity contribution < 1.29 is 18.8 Å². The summed E-state index contributed by atoms with van der Waals surface area (Å²) in [4.78, 5) is 28.3. The molecule has 2 unspecified atom stereocenters. The normalized spacial score (nSPS) is 18.9. The number of hydrogen-bond acceptors (Lipinski definition) is 5. The number of nitrogens with one attached hydrogen (secondary N) is 1. The summed E-state index contributed by atoms with van der Waals surface area (Å²) in [5.74, 6) is -0.327. The molecule has 188 valence electrons. The molecule has 2 aromatic carbocycles. The molecule has 8 heteroatoms. The molecule has 0 saturated carbocycles. The first-order valence-electron chi connectivity index (χ1n) is 12.0. The van der Waals surface area contributed by atoms with Gasteiger partial charge in [0.15, 0.2) is 8.32 Å². The van der Waals surface area contributed by atoms with E-state index in [-0.39, 0.29) is 10.9 Å². The van der Waals surface area contributed by atoms with E-state index in [9.17, 15) is 14.9 Å². The monoisotopic (exact) mass is 495 g/mol. The van der Waals surface area contributed by atoms with Crippen molar-refractivity contribution in [3.63, 3.8) is 0 Å². The zero-order chi connectivity index (χ0) is 26.2. The molecule has 1 N–H and O–H groups in total. The summed E-state index contributed by atoms with van der Waals surface area (Å²) in [7, 11) is -2.21. The smallest absolute Gasteiger partial charge is 0.411 e. The molecule has 0 aromatic heterocycles. The lowest BCUT2D eigenvalue weighted by Crippen LogP contribution is -2.53. The first kappa shape index (κ1) is 26.7. The number of fused-ring (bicyclic) bond motifs is 1. The van der Waals surface area contributed by atoms with E-state index in [1.54, 1.807) is 12.1 Å². The first-order valence-corrected chi connectivity index (χ1v) is 15.0. The van der Waals surface area contributed by atoms with Crippen LogP contribution >= 0.6 is 0 Å². The van der Waals surface area contributed by atoms with Crippen molar-refractivity contribution in [1.82, 2.24) is 4.90 Å². The average Bonchev–Trinajstić information content (AvgIpc) is 3.15. The number of nitrogens with zero attached hydrogens (tertiary/aromatic N) is 2. The van der Waals surface area contributed by atoms with Crippen LogP contribution < -0.4 is 5.32 Å². The van der Waals surface area contributed by atoms with E-state index in [1.807, 2.05) is 45.0 Å². The average molecular weight is 496 g/mol. The highest BCUT2D eigenvalue weighted by Crippen LogP contribution is 2.40. The first-order chi connectivity index (χ1) is 16.1. The van der Waals surface area contributed by atoms with Gasteiger partial charge in [0.2, 0.25) is 5.91 Å². The number of amides is 2. The minimum atomic E-state index is -2.21. The second kappa shape index (κ2) is 9.63. The lowest BCUT2D eigenvalue weighted by Gasteiger charge is -2.40. The van der Waals surface area contributed by atoms with E-state index in [4.69, 9.17) is 9.16 Å². The van der Waals surface area contributed by atoms with Crippen LogP contribution in [0, 0.1) is 11.3 Å². The van der Waals surface area contributed by atoms with Gasteiger partial charge in [-0.05, 0) is 57.5 Å². The number of anilines is 1. The largest absolute Gasteiger partial charge is 0.444 e. The molecule has 0 radical (unpaired) electrons. The van der Waals surface area contributed by atoms with Crippen molar-refractivity contribution in [2.75, 3.05) is 11.9 Å². The van der Waals surface area contributed by atoms with Crippen molar-refractivity contribution >= 4 is 36.8 Å². The molecule has 1 fully saturated rings. The molecule has 0 aliphatic carbocycles. The third-order valence-electron chi connectivity index (χ3n) is 6.79. The third-order valence-corrected chi connectivity index (χ3v) is 11.3. The fourth-order valence-corrected chi connectivity index (χ4v) is 5.35. The van der Waals surface area contributed by atoms with Crippen LogP contribution in [0.15, 0.2) is 36.4 Å². The molecule has 1 aliphatic heterocycles. The molecule has 0 bridgehead atoms. The lowest BCUT2D eigenvalue weighted by atomic mass is 10.0. The molecule has 2 atom stereocenters. The van der Waals surface area contributed by atoms with Gasteiger partial charge in [-0.15, -0.1) is 0 Å². The number of carbonyl (C=O) groups is 2. The van der Waals surface area contributed by atoms with Crippen LogP contribution in [-0.4, -0.2) is 49.5 Å². The van der Waals surface area contributed by atoms with Crippen LogP contribution in [0.5, 0.6) is 0 Å². The number of hydrogen-bond donors (Lipinski definition) is 1. The maximum Gasteiger partial charge on any atom is 0.411 e. The van der Waals surface area contributed by atoms with Gasteiger partial charge in [0.25, 0.3) is 0 Å². The quantitative estimate of drug-likeness (QED) is 0.521. The zero-order valence-electron chi connectivity index (χ0n) is 22.1. The van der Waals surface area contributed by atoms with Crippen LogP contribution in [0.2, 0.25) is 18.1 Å². The minimum Gasteiger partial charge on any atom is -0.444 e. The molecular weight excluding hydrogens is 458 g/mol. The fraction of sp³-hybridized carbons (Fsp3) is 0.519. The van der Waals surface area contributed by atoms with Crippen molar-refractivity contribution in [1.29, 1.82) is 5.26 Å². The van der Waals surface area contributed by atoms with Gasteiger partial charge in [-0.1, -0.05) is 45.0 Å². The van der Waals surface area contributed by atoms with Crippen LogP contribution in [0.25, 0.3) is 10.8 Å². The summed E-state index contributed by atoms with van der Waals surface area (Å²) >= 11 is 0. The Labute approximate surface area is 209 Å². The Hall–Kier alpha value is -2.89. The predicted molar refractivity (Wildman–Crippen MR) is 141 cm³/mol. The molecule has 1 aliphatic rings. The van der Waals surface area contributed by atoms with Gasteiger partial charge in [0.05, 0.1) is 17.7 Å². The summed E-state index contributed by atoms with van der Waals surface area (Å²) in [6, 6.07) is 12.3. The summed E-state index contributed by atoms with van der Waals surface area (Å²) in [6.07, 6.45) is -0.408. The predicted octanol–water partition coefficient (Wildman–Crippen LogP) is 6.05. The topological polar surface area (TPSA) is 91.7 Å². The minimum absolute atomic E-state index is 0.0449.